The molecule has 14 atom stereocenters. The van der Waals surface area contributed by atoms with Crippen LogP contribution in [0.2, 0.25) is 0 Å². The largest absolute Gasteiger partial charge is 0.394 e. The zero-order chi connectivity index (χ0) is 28.9. The molecule has 1 amide bonds. The SMILES string of the molecule is CN[C@H]1[C@@H](O[C@H]2O[C@H](CO)[C@@H](O)[C@H](N)[C@H]2O)[C@H](NC(=O)[C@@H](O)CCN)C[C@H](N)[C@H]1O[C@H]1O[C@H](CN)CC[C@H]1N. The highest BCUT2D eigenvalue weighted by Crippen LogP contribution is 2.31. The number of rotatable bonds is 11. The van der Waals surface area contributed by atoms with Crippen molar-refractivity contribution in [3.05, 3.63) is 0 Å². The normalized spacial score (nSPS) is 44.1. The second-order valence-corrected chi connectivity index (χ2v) is 10.5. The summed E-state index contributed by atoms with van der Waals surface area (Å²) >= 11 is 0. The first kappa shape index (κ1) is 32.4. The first-order valence-corrected chi connectivity index (χ1v) is 13.5. The molecule has 3 rings (SSSR count). The molecule has 0 aromatic rings. The molecule has 2 saturated heterocycles. The summed E-state index contributed by atoms with van der Waals surface area (Å²) < 4.78 is 24.1. The first-order valence-electron chi connectivity index (χ1n) is 13.5. The van der Waals surface area contributed by atoms with E-state index < -0.39 is 91.9 Å². The molecule has 3 aliphatic rings. The van der Waals surface area contributed by atoms with E-state index in [-0.39, 0.29) is 25.5 Å². The highest BCUT2D eigenvalue weighted by Gasteiger charge is 2.51. The number of hydrogen-bond acceptors (Lipinski definition) is 15. The molecule has 2 aliphatic heterocycles. The van der Waals surface area contributed by atoms with Gasteiger partial charge in [-0.2, -0.15) is 0 Å². The Hall–Kier alpha value is -1.09. The smallest absolute Gasteiger partial charge is 0.249 e. The molecule has 16 heteroatoms. The number of nitrogens with one attached hydrogen (secondary N) is 2. The number of carbonyl (C=O) groups is 1. The Morgan fingerprint density at radius 3 is 2.33 bits per heavy atom. The van der Waals surface area contributed by atoms with Gasteiger partial charge in [0.2, 0.25) is 5.91 Å². The monoisotopic (exact) mass is 565 g/mol. The molecule has 39 heavy (non-hydrogen) atoms. The van der Waals surface area contributed by atoms with Crippen LogP contribution in [0.15, 0.2) is 0 Å². The average molecular weight is 566 g/mol. The fourth-order valence-electron chi connectivity index (χ4n) is 5.38. The Bertz CT molecular complexity index is 771. The Balaban J connectivity index is 1.87. The fraction of sp³-hybridized carbons (Fsp3) is 0.957. The molecular formula is C23H47N7O9. The molecule has 2 heterocycles. The van der Waals surface area contributed by atoms with Crippen LogP contribution < -0.4 is 39.3 Å². The van der Waals surface area contributed by atoms with E-state index in [1.807, 2.05) is 0 Å². The van der Waals surface area contributed by atoms with Crippen molar-refractivity contribution in [2.24, 2.45) is 28.7 Å². The van der Waals surface area contributed by atoms with Crippen molar-refractivity contribution in [2.75, 3.05) is 26.7 Å². The number of carbonyl (C=O) groups excluding carboxylic acids is 1. The molecule has 0 aromatic heterocycles. The number of hydrogen-bond donors (Lipinski definition) is 11. The maximum absolute atomic E-state index is 12.7. The number of aliphatic hydroxyl groups excluding tert-OH is 4. The number of likely N-dealkylation sites (N-methyl/N-ethyl adjacent to an activating group) is 1. The first-order chi connectivity index (χ1) is 18.6. The summed E-state index contributed by atoms with van der Waals surface area (Å²) in [5.74, 6) is -0.672. The third-order valence-corrected chi connectivity index (χ3v) is 7.74. The molecule has 0 spiro atoms. The van der Waals surface area contributed by atoms with E-state index in [0.29, 0.717) is 19.4 Å². The van der Waals surface area contributed by atoms with Crippen molar-refractivity contribution in [3.8, 4) is 0 Å². The van der Waals surface area contributed by atoms with E-state index in [0.717, 1.165) is 0 Å². The van der Waals surface area contributed by atoms with Crippen LogP contribution in [0.3, 0.4) is 0 Å². The minimum atomic E-state index is -1.46. The Morgan fingerprint density at radius 2 is 1.72 bits per heavy atom. The van der Waals surface area contributed by atoms with Gasteiger partial charge in [0.1, 0.15) is 24.4 Å². The summed E-state index contributed by atoms with van der Waals surface area (Å²) in [6, 6.07) is -3.71. The predicted octanol–water partition coefficient (Wildman–Crippen LogP) is -6.17. The highest BCUT2D eigenvalue weighted by molar-refractivity contribution is 5.80. The molecule has 16 nitrogen and oxygen atoms in total. The van der Waals surface area contributed by atoms with Gasteiger partial charge in [-0.1, -0.05) is 0 Å². The molecule has 1 saturated carbocycles. The summed E-state index contributed by atoms with van der Waals surface area (Å²) in [6.45, 7) is -0.161. The average Bonchev–Trinajstić information content (AvgIpc) is 2.92. The van der Waals surface area contributed by atoms with Crippen LogP contribution in [-0.2, 0) is 23.7 Å². The van der Waals surface area contributed by atoms with Crippen LogP contribution in [0, 0.1) is 0 Å². The van der Waals surface area contributed by atoms with Crippen molar-refractivity contribution in [3.63, 3.8) is 0 Å². The van der Waals surface area contributed by atoms with E-state index >= 15 is 0 Å². The molecule has 0 radical (unpaired) electrons. The number of ether oxygens (including phenoxy) is 4. The second-order valence-electron chi connectivity index (χ2n) is 10.5. The van der Waals surface area contributed by atoms with Gasteiger partial charge in [-0.15, -0.1) is 0 Å². The maximum Gasteiger partial charge on any atom is 0.249 e. The van der Waals surface area contributed by atoms with E-state index in [2.05, 4.69) is 10.6 Å². The standard InChI is InChI=1S/C23H47N7O9/c1-29-16-19(38-22-10(26)3-2-9(7-25)36-22)11(27)6-12(30-21(35)13(32)4-5-24)20(16)39-23-18(34)15(28)17(33)14(8-31)37-23/h9-20,22-23,29,31-34H,2-8,24-28H2,1H3,(H,30,35)/t9-,10+,11-,12+,13-,14+,15-,16+,17+,18+,19+,20-,22+,23+/m0/s1. The molecule has 16 N–H and O–H groups in total. The number of nitrogens with two attached hydrogens (primary N) is 5. The van der Waals surface area contributed by atoms with Crippen LogP contribution in [-0.4, -0.2) is 139 Å². The van der Waals surface area contributed by atoms with Crippen LogP contribution in [0.5, 0.6) is 0 Å². The third-order valence-electron chi connectivity index (χ3n) is 7.74. The van der Waals surface area contributed by atoms with Gasteiger partial charge in [0.05, 0.1) is 49.1 Å². The van der Waals surface area contributed by atoms with E-state index in [9.17, 15) is 25.2 Å². The lowest BCUT2D eigenvalue weighted by molar-refractivity contribution is -0.303. The summed E-state index contributed by atoms with van der Waals surface area (Å²) in [6.07, 6.45) is -7.79. The van der Waals surface area contributed by atoms with E-state index in [4.69, 9.17) is 47.6 Å². The maximum atomic E-state index is 12.7. The van der Waals surface area contributed by atoms with Crippen LogP contribution in [0.25, 0.3) is 0 Å². The van der Waals surface area contributed by atoms with Crippen LogP contribution >= 0.6 is 0 Å². The molecule has 228 valence electrons. The van der Waals surface area contributed by atoms with Crippen molar-refractivity contribution in [1.29, 1.82) is 0 Å². The van der Waals surface area contributed by atoms with Gasteiger partial charge >= 0.3 is 0 Å². The van der Waals surface area contributed by atoms with Gasteiger partial charge in [-0.05, 0) is 39.3 Å². The van der Waals surface area contributed by atoms with E-state index in [1.165, 1.54) is 0 Å². The van der Waals surface area contributed by atoms with Gasteiger partial charge in [0.15, 0.2) is 12.6 Å². The summed E-state index contributed by atoms with van der Waals surface area (Å²) in [5.41, 5.74) is 30.0. The van der Waals surface area contributed by atoms with Gasteiger partial charge < -0.3 is 78.7 Å². The lowest BCUT2D eigenvalue weighted by atomic mass is 9.81. The minimum Gasteiger partial charge on any atom is -0.394 e. The summed E-state index contributed by atoms with van der Waals surface area (Å²) in [5, 5.41) is 46.7. The van der Waals surface area contributed by atoms with Crippen molar-refractivity contribution < 1.29 is 44.2 Å². The molecule has 0 unspecified atom stereocenters. The van der Waals surface area contributed by atoms with Gasteiger partial charge in [0, 0.05) is 12.6 Å². The molecule has 0 bridgehead atoms. The zero-order valence-corrected chi connectivity index (χ0v) is 22.2. The van der Waals surface area contributed by atoms with Crippen molar-refractivity contribution in [1.82, 2.24) is 10.6 Å². The zero-order valence-electron chi connectivity index (χ0n) is 22.2. The molecule has 3 fully saturated rings. The lowest BCUT2D eigenvalue weighted by Gasteiger charge is -2.50. The highest BCUT2D eigenvalue weighted by atomic mass is 16.7. The van der Waals surface area contributed by atoms with Crippen LogP contribution in [0.1, 0.15) is 25.7 Å². The Labute approximate surface area is 227 Å². The van der Waals surface area contributed by atoms with Crippen molar-refractivity contribution >= 4 is 5.91 Å². The molecule has 1 aliphatic carbocycles. The molecule has 0 aromatic carbocycles. The van der Waals surface area contributed by atoms with Crippen molar-refractivity contribution in [2.45, 2.75) is 111 Å². The Kier molecular flexibility index (Phi) is 12.2. The number of amides is 1. The summed E-state index contributed by atoms with van der Waals surface area (Å²) in [4.78, 5) is 12.7. The van der Waals surface area contributed by atoms with E-state index in [1.54, 1.807) is 7.05 Å². The predicted molar refractivity (Wildman–Crippen MR) is 137 cm³/mol. The Morgan fingerprint density at radius 1 is 1.03 bits per heavy atom. The third kappa shape index (κ3) is 7.60. The minimum absolute atomic E-state index is 0.0475. The fourth-order valence-corrected chi connectivity index (χ4v) is 5.38. The molecular weight excluding hydrogens is 518 g/mol. The quantitative estimate of drug-likeness (QED) is 0.111. The summed E-state index contributed by atoms with van der Waals surface area (Å²) in [7, 11) is 1.64. The van der Waals surface area contributed by atoms with Gasteiger partial charge in [0.25, 0.3) is 0 Å². The van der Waals surface area contributed by atoms with Gasteiger partial charge in [-0.25, -0.2) is 0 Å². The lowest BCUT2D eigenvalue weighted by Crippen LogP contribution is -2.71. The topological polar surface area (TPSA) is 289 Å². The van der Waals surface area contributed by atoms with Gasteiger partial charge in [-0.3, -0.25) is 4.79 Å². The van der Waals surface area contributed by atoms with Crippen LogP contribution in [0.4, 0.5) is 0 Å². The second kappa shape index (κ2) is 14.7. The number of aliphatic hydroxyl groups is 4.